The molecule has 4 rings (SSSR count). The van der Waals surface area contributed by atoms with Crippen molar-refractivity contribution in [3.05, 3.63) is 83.4 Å². The number of aryl methyl sites for hydroxylation is 1. The van der Waals surface area contributed by atoms with Gasteiger partial charge in [-0.2, -0.15) is 0 Å². The van der Waals surface area contributed by atoms with Crippen LogP contribution in [0.1, 0.15) is 47.8 Å². The molecular weight excluding hydrogens is 476 g/mol. The maximum Gasteiger partial charge on any atom is 0.264 e. The molecule has 0 saturated carbocycles. The van der Waals surface area contributed by atoms with Crippen molar-refractivity contribution in [2.45, 2.75) is 38.1 Å². The molecule has 1 aliphatic heterocycles. The van der Waals surface area contributed by atoms with Crippen LogP contribution in [0, 0.1) is 12.8 Å². The topological polar surface area (TPSA) is 84.9 Å². The standard InChI is InChI=1S/C28H32N2O5S/c1-19(2)27(21-11-14-25-26(18-21)35-16-6-15-34-25)29-28(31)22-7-5-8-24(17-22)36(32,33)30(4)23-12-9-20(3)10-13-23/h5,7-14,17-19,27H,6,15-16H2,1-4H3,(H,29,31)/t27-/m1/s1. The number of nitrogens with zero attached hydrogens (tertiary/aromatic N) is 1. The van der Waals surface area contributed by atoms with Gasteiger partial charge in [0.1, 0.15) is 0 Å². The van der Waals surface area contributed by atoms with Crippen LogP contribution < -0.4 is 19.1 Å². The third-order valence-electron chi connectivity index (χ3n) is 6.24. The molecule has 0 aliphatic carbocycles. The van der Waals surface area contributed by atoms with Crippen LogP contribution in [0.3, 0.4) is 0 Å². The number of ether oxygens (including phenoxy) is 2. The number of carbonyl (C=O) groups excluding carboxylic acids is 1. The Hall–Kier alpha value is -3.52. The minimum atomic E-state index is -3.85. The quantitative estimate of drug-likeness (QED) is 0.480. The Bertz CT molecular complexity index is 1340. The van der Waals surface area contributed by atoms with Gasteiger partial charge in [0.05, 0.1) is 29.8 Å². The van der Waals surface area contributed by atoms with Crippen molar-refractivity contribution >= 4 is 21.6 Å². The number of amides is 1. The number of carbonyl (C=O) groups is 1. The van der Waals surface area contributed by atoms with Gasteiger partial charge < -0.3 is 14.8 Å². The smallest absolute Gasteiger partial charge is 0.264 e. The predicted molar refractivity (Wildman–Crippen MR) is 140 cm³/mol. The van der Waals surface area contributed by atoms with Gasteiger partial charge in [-0.3, -0.25) is 9.10 Å². The lowest BCUT2D eigenvalue weighted by atomic mass is 9.95. The lowest BCUT2D eigenvalue weighted by Crippen LogP contribution is -2.32. The summed E-state index contributed by atoms with van der Waals surface area (Å²) in [4.78, 5) is 13.3. The van der Waals surface area contributed by atoms with Crippen LogP contribution in [-0.2, 0) is 10.0 Å². The number of rotatable bonds is 7. The Morgan fingerprint density at radius 3 is 2.33 bits per heavy atom. The summed E-state index contributed by atoms with van der Waals surface area (Å²) < 4.78 is 39.3. The molecule has 7 nitrogen and oxygen atoms in total. The number of fused-ring (bicyclic) bond motifs is 1. The zero-order valence-electron chi connectivity index (χ0n) is 21.0. The highest BCUT2D eigenvalue weighted by Crippen LogP contribution is 2.34. The summed E-state index contributed by atoms with van der Waals surface area (Å²) >= 11 is 0. The van der Waals surface area contributed by atoms with E-state index in [2.05, 4.69) is 5.32 Å². The van der Waals surface area contributed by atoms with Crippen LogP contribution in [0.25, 0.3) is 0 Å². The van der Waals surface area contributed by atoms with Gasteiger partial charge in [0.15, 0.2) is 11.5 Å². The fourth-order valence-electron chi connectivity index (χ4n) is 4.08. The van der Waals surface area contributed by atoms with E-state index in [0.717, 1.165) is 17.5 Å². The molecule has 0 bridgehead atoms. The Balaban J connectivity index is 1.57. The highest BCUT2D eigenvalue weighted by atomic mass is 32.2. The number of benzene rings is 3. The zero-order valence-corrected chi connectivity index (χ0v) is 21.8. The maximum atomic E-state index is 13.3. The SMILES string of the molecule is Cc1ccc(N(C)S(=O)(=O)c2cccc(C(=O)N[C@@H](c3ccc4c(c3)OCCCO4)C(C)C)c2)cc1. The van der Waals surface area contributed by atoms with Crippen LogP contribution in [0.4, 0.5) is 5.69 Å². The van der Waals surface area contributed by atoms with Crippen molar-refractivity contribution in [1.82, 2.24) is 5.32 Å². The van der Waals surface area contributed by atoms with Gasteiger partial charge in [0.2, 0.25) is 0 Å². The molecule has 0 spiro atoms. The summed E-state index contributed by atoms with van der Waals surface area (Å²) in [6, 6.07) is 18.7. The molecule has 1 atom stereocenters. The van der Waals surface area contributed by atoms with E-state index in [1.807, 2.05) is 51.1 Å². The highest BCUT2D eigenvalue weighted by Gasteiger charge is 2.25. The van der Waals surface area contributed by atoms with Crippen molar-refractivity contribution in [2.75, 3.05) is 24.6 Å². The molecular formula is C28H32N2O5S. The van der Waals surface area contributed by atoms with E-state index in [9.17, 15) is 13.2 Å². The second-order valence-electron chi connectivity index (χ2n) is 9.29. The molecule has 1 aliphatic rings. The molecule has 36 heavy (non-hydrogen) atoms. The fraction of sp³-hybridized carbons (Fsp3) is 0.321. The lowest BCUT2D eigenvalue weighted by molar-refractivity contribution is 0.0925. The maximum absolute atomic E-state index is 13.3. The summed E-state index contributed by atoms with van der Waals surface area (Å²) in [6.07, 6.45) is 0.812. The van der Waals surface area contributed by atoms with E-state index in [1.165, 1.54) is 23.5 Å². The van der Waals surface area contributed by atoms with Crippen LogP contribution in [0.2, 0.25) is 0 Å². The number of sulfonamides is 1. The van der Waals surface area contributed by atoms with Gasteiger partial charge in [-0.1, -0.05) is 43.7 Å². The Morgan fingerprint density at radius 2 is 1.64 bits per heavy atom. The van der Waals surface area contributed by atoms with E-state index in [0.29, 0.717) is 30.4 Å². The van der Waals surface area contributed by atoms with E-state index in [1.54, 1.807) is 24.3 Å². The van der Waals surface area contributed by atoms with Crippen LogP contribution in [-0.4, -0.2) is 34.6 Å². The van der Waals surface area contributed by atoms with Crippen molar-refractivity contribution in [1.29, 1.82) is 0 Å². The summed E-state index contributed by atoms with van der Waals surface area (Å²) in [7, 11) is -2.34. The van der Waals surface area contributed by atoms with Crippen molar-refractivity contribution < 1.29 is 22.7 Å². The van der Waals surface area contributed by atoms with Crippen molar-refractivity contribution in [3.8, 4) is 11.5 Å². The van der Waals surface area contributed by atoms with Gasteiger partial charge in [-0.05, 0) is 60.9 Å². The molecule has 8 heteroatoms. The first kappa shape index (κ1) is 25.6. The largest absolute Gasteiger partial charge is 0.490 e. The third kappa shape index (κ3) is 5.49. The molecule has 0 unspecified atom stereocenters. The molecule has 0 saturated heterocycles. The zero-order chi connectivity index (χ0) is 25.9. The normalized spacial score (nSPS) is 14.1. The average molecular weight is 509 g/mol. The van der Waals surface area contributed by atoms with Gasteiger partial charge in [0.25, 0.3) is 15.9 Å². The molecule has 0 radical (unpaired) electrons. The van der Waals surface area contributed by atoms with Crippen LogP contribution in [0.15, 0.2) is 71.6 Å². The molecule has 3 aromatic carbocycles. The number of anilines is 1. The monoisotopic (exact) mass is 508 g/mol. The van der Waals surface area contributed by atoms with Gasteiger partial charge in [0, 0.05) is 19.0 Å². The number of hydrogen-bond acceptors (Lipinski definition) is 5. The number of nitrogens with one attached hydrogen (secondary N) is 1. The molecule has 1 N–H and O–H groups in total. The first-order valence-corrected chi connectivity index (χ1v) is 13.5. The van der Waals surface area contributed by atoms with E-state index in [4.69, 9.17) is 9.47 Å². The highest BCUT2D eigenvalue weighted by molar-refractivity contribution is 7.92. The second-order valence-corrected chi connectivity index (χ2v) is 11.3. The Kier molecular flexibility index (Phi) is 7.54. The Labute approximate surface area is 213 Å². The van der Waals surface area contributed by atoms with Gasteiger partial charge in [-0.25, -0.2) is 8.42 Å². The van der Waals surface area contributed by atoms with Crippen LogP contribution >= 0.6 is 0 Å². The minimum Gasteiger partial charge on any atom is -0.490 e. The second kappa shape index (κ2) is 10.6. The summed E-state index contributed by atoms with van der Waals surface area (Å²) in [6.45, 7) is 7.16. The lowest BCUT2D eigenvalue weighted by Gasteiger charge is -2.24. The van der Waals surface area contributed by atoms with Crippen molar-refractivity contribution in [3.63, 3.8) is 0 Å². The fourth-order valence-corrected chi connectivity index (χ4v) is 5.32. The van der Waals surface area contributed by atoms with Crippen molar-refractivity contribution in [2.24, 2.45) is 5.92 Å². The molecule has 3 aromatic rings. The number of hydrogen-bond donors (Lipinski definition) is 1. The third-order valence-corrected chi connectivity index (χ3v) is 8.02. The molecule has 0 fully saturated rings. The van der Waals surface area contributed by atoms with Gasteiger partial charge >= 0.3 is 0 Å². The molecule has 190 valence electrons. The minimum absolute atomic E-state index is 0.0508. The predicted octanol–water partition coefficient (Wildman–Crippen LogP) is 5.11. The van der Waals surface area contributed by atoms with E-state index >= 15 is 0 Å². The van der Waals surface area contributed by atoms with E-state index in [-0.39, 0.29) is 28.3 Å². The Morgan fingerprint density at radius 1 is 0.944 bits per heavy atom. The molecule has 1 amide bonds. The van der Waals surface area contributed by atoms with E-state index < -0.39 is 10.0 Å². The van der Waals surface area contributed by atoms with Gasteiger partial charge in [-0.15, -0.1) is 0 Å². The average Bonchev–Trinajstić information content (AvgIpc) is 3.12. The van der Waals surface area contributed by atoms with Crippen LogP contribution in [0.5, 0.6) is 11.5 Å². The first-order valence-electron chi connectivity index (χ1n) is 12.0. The first-order chi connectivity index (χ1) is 17.2. The summed E-state index contributed by atoms with van der Waals surface area (Å²) in [5, 5.41) is 3.07. The summed E-state index contributed by atoms with van der Waals surface area (Å²) in [5.41, 5.74) is 2.75. The summed E-state index contributed by atoms with van der Waals surface area (Å²) in [5.74, 6) is 1.09. The molecule has 1 heterocycles. The molecule has 0 aromatic heterocycles.